The van der Waals surface area contributed by atoms with E-state index < -0.39 is 21.8 Å². The average Bonchev–Trinajstić information content (AvgIpc) is 3.23. The van der Waals surface area contributed by atoms with Crippen molar-refractivity contribution < 1.29 is 27.1 Å². The number of methoxy groups -OCH3 is 1. The van der Waals surface area contributed by atoms with Gasteiger partial charge in [0.15, 0.2) is 0 Å². The molecule has 3 aromatic rings. The summed E-state index contributed by atoms with van der Waals surface area (Å²) in [5.74, 6) is -1.47. The number of fused-ring (bicyclic) bond motifs is 1. The Kier molecular flexibility index (Phi) is 6.59. The normalized spacial score (nSPS) is 13.5. The molecule has 0 radical (unpaired) electrons. The molecular weight excluding hydrogens is 467 g/mol. The van der Waals surface area contributed by atoms with Gasteiger partial charge in [-0.1, -0.05) is 36.4 Å². The maximum Gasteiger partial charge on any atom is 0.340 e. The van der Waals surface area contributed by atoms with Crippen LogP contribution >= 0.6 is 11.3 Å². The molecule has 0 atom stereocenters. The monoisotopic (exact) mass is 488 g/mol. The van der Waals surface area contributed by atoms with Gasteiger partial charge < -0.3 is 9.64 Å². The number of rotatable bonds is 6. The van der Waals surface area contributed by atoms with Crippen molar-refractivity contribution in [3.8, 4) is 0 Å². The fraction of sp³-hybridized carbons (Fsp3) is 0.217. The molecule has 0 saturated carbocycles. The third kappa shape index (κ3) is 4.68. The molecule has 0 unspecified atom stereocenters. The lowest BCUT2D eigenvalue weighted by Gasteiger charge is -2.27. The van der Waals surface area contributed by atoms with Crippen molar-refractivity contribution in [2.75, 3.05) is 13.7 Å². The summed E-state index contributed by atoms with van der Waals surface area (Å²) < 4.78 is 47.2. The van der Waals surface area contributed by atoms with E-state index in [2.05, 4.69) is 4.72 Å². The third-order valence-electron chi connectivity index (χ3n) is 5.38. The lowest BCUT2D eigenvalue weighted by Crippen LogP contribution is -2.35. The summed E-state index contributed by atoms with van der Waals surface area (Å²) in [6.07, 6.45) is 0.317. The van der Waals surface area contributed by atoms with Gasteiger partial charge in [-0.05, 0) is 30.2 Å². The summed E-state index contributed by atoms with van der Waals surface area (Å²) in [6.45, 7) is 0.251. The summed E-state index contributed by atoms with van der Waals surface area (Å²) in [7, 11) is -2.96. The number of hydrogen-bond acceptors (Lipinski definition) is 6. The number of carbonyl (C=O) groups is 2. The molecule has 4 rings (SSSR count). The zero-order chi connectivity index (χ0) is 23.6. The summed E-state index contributed by atoms with van der Waals surface area (Å²) in [6, 6.07) is 14.6. The smallest absolute Gasteiger partial charge is 0.340 e. The Morgan fingerprint density at radius 2 is 1.82 bits per heavy atom. The first kappa shape index (κ1) is 23.1. The molecule has 0 fully saturated rings. The van der Waals surface area contributed by atoms with Gasteiger partial charge >= 0.3 is 5.97 Å². The summed E-state index contributed by atoms with van der Waals surface area (Å²) in [4.78, 5) is 27.6. The highest BCUT2D eigenvalue weighted by molar-refractivity contribution is 7.91. The van der Waals surface area contributed by atoms with Crippen LogP contribution in [0.1, 0.15) is 36.7 Å². The Bertz CT molecular complexity index is 1310. The average molecular weight is 489 g/mol. The summed E-state index contributed by atoms with van der Waals surface area (Å²) in [5, 5.41) is 0. The minimum absolute atomic E-state index is 0.0228. The Balaban J connectivity index is 1.64. The van der Waals surface area contributed by atoms with Crippen LogP contribution < -0.4 is 4.72 Å². The molecule has 0 spiro atoms. The first-order valence-corrected chi connectivity index (χ1v) is 12.4. The van der Waals surface area contributed by atoms with E-state index in [1.54, 1.807) is 35.2 Å². The van der Waals surface area contributed by atoms with Crippen molar-refractivity contribution in [1.29, 1.82) is 0 Å². The van der Waals surface area contributed by atoms with Crippen LogP contribution in [0.25, 0.3) is 0 Å². The molecule has 2 heterocycles. The van der Waals surface area contributed by atoms with Crippen molar-refractivity contribution in [3.63, 3.8) is 0 Å². The number of esters is 1. The molecular formula is C23H21FN2O5S2. The van der Waals surface area contributed by atoms with Gasteiger partial charge in [0, 0.05) is 29.1 Å². The topological polar surface area (TPSA) is 92.8 Å². The van der Waals surface area contributed by atoms with Crippen molar-refractivity contribution >= 4 is 33.2 Å². The summed E-state index contributed by atoms with van der Waals surface area (Å²) in [5.41, 5.74) is 1.26. The molecule has 1 aromatic heterocycles. The van der Waals surface area contributed by atoms with Crippen LogP contribution in [-0.4, -0.2) is 38.8 Å². The van der Waals surface area contributed by atoms with Crippen LogP contribution in [0, 0.1) is 5.82 Å². The molecule has 1 aliphatic rings. The minimum Gasteiger partial charge on any atom is -0.465 e. The molecule has 0 bridgehead atoms. The van der Waals surface area contributed by atoms with E-state index in [1.165, 1.54) is 25.3 Å². The van der Waals surface area contributed by atoms with E-state index in [1.807, 2.05) is 6.07 Å². The van der Waals surface area contributed by atoms with Gasteiger partial charge in [-0.15, -0.1) is 11.3 Å². The van der Waals surface area contributed by atoms with Crippen molar-refractivity contribution in [2.45, 2.75) is 23.7 Å². The highest BCUT2D eigenvalue weighted by atomic mass is 32.2. The molecule has 0 saturated heterocycles. The van der Waals surface area contributed by atoms with Crippen LogP contribution in [0.5, 0.6) is 0 Å². The first-order valence-electron chi connectivity index (χ1n) is 10.1. The van der Waals surface area contributed by atoms with Crippen LogP contribution in [-0.2, 0) is 34.3 Å². The molecule has 172 valence electrons. The molecule has 1 aliphatic heterocycles. The first-order chi connectivity index (χ1) is 15.8. The van der Waals surface area contributed by atoms with E-state index in [4.69, 9.17) is 4.74 Å². The molecule has 1 N–H and O–H groups in total. The van der Waals surface area contributed by atoms with E-state index in [0.29, 0.717) is 29.0 Å². The number of halogens is 1. The van der Waals surface area contributed by atoms with Gasteiger partial charge in [-0.2, -0.15) is 0 Å². The molecule has 0 aliphatic carbocycles. The van der Waals surface area contributed by atoms with Crippen LogP contribution in [0.4, 0.5) is 4.39 Å². The van der Waals surface area contributed by atoms with Gasteiger partial charge in [0.1, 0.15) is 10.0 Å². The Morgan fingerprint density at radius 3 is 2.52 bits per heavy atom. The number of ether oxygens (including phenoxy) is 1. The lowest BCUT2D eigenvalue weighted by molar-refractivity contribution is 0.0595. The van der Waals surface area contributed by atoms with Gasteiger partial charge in [0.2, 0.25) is 0 Å². The van der Waals surface area contributed by atoms with Crippen molar-refractivity contribution in [3.05, 3.63) is 87.5 Å². The standard InChI is InChI=1S/C23H21FN2O5S2/c1-31-22(28)20-17-11-12-26(21(27)15-7-3-2-4-8-15)14-19(17)32-23(20)33(29,30)25-13-16-9-5-6-10-18(16)24/h2-10,25H,11-14H2,1H3. The second kappa shape index (κ2) is 9.42. The zero-order valence-electron chi connectivity index (χ0n) is 17.7. The number of sulfonamides is 1. The Hall–Kier alpha value is -3.08. The van der Waals surface area contributed by atoms with Crippen LogP contribution in [0.15, 0.2) is 58.8 Å². The summed E-state index contributed by atoms with van der Waals surface area (Å²) >= 11 is 0.929. The van der Waals surface area contributed by atoms with Crippen LogP contribution in [0.2, 0.25) is 0 Å². The number of amides is 1. The molecule has 1 amide bonds. The fourth-order valence-corrected chi connectivity index (χ4v) is 6.64. The Morgan fingerprint density at radius 1 is 1.12 bits per heavy atom. The van der Waals surface area contributed by atoms with Crippen molar-refractivity contribution in [1.82, 2.24) is 9.62 Å². The number of benzene rings is 2. The van der Waals surface area contributed by atoms with Gasteiger partial charge in [0.25, 0.3) is 15.9 Å². The van der Waals surface area contributed by atoms with E-state index >= 15 is 0 Å². The predicted octanol–water partition coefficient (Wildman–Crippen LogP) is 3.35. The van der Waals surface area contributed by atoms with Crippen molar-refractivity contribution in [2.24, 2.45) is 0 Å². The van der Waals surface area contributed by atoms with Gasteiger partial charge in [-0.3, -0.25) is 4.79 Å². The number of thiophene rings is 1. The number of hydrogen-bond donors (Lipinski definition) is 1. The quantitative estimate of drug-likeness (QED) is 0.537. The number of carbonyl (C=O) groups excluding carboxylic acids is 2. The van der Waals surface area contributed by atoms with E-state index in [0.717, 1.165) is 11.3 Å². The highest BCUT2D eigenvalue weighted by Crippen LogP contribution is 2.37. The fourth-order valence-electron chi connectivity index (χ4n) is 3.69. The molecule has 2 aromatic carbocycles. The molecule has 7 nitrogen and oxygen atoms in total. The second-order valence-corrected chi connectivity index (χ2v) is 10.5. The molecule has 33 heavy (non-hydrogen) atoms. The third-order valence-corrected chi connectivity index (χ3v) is 8.51. The predicted molar refractivity (Wildman–Crippen MR) is 121 cm³/mol. The minimum atomic E-state index is -4.15. The second-order valence-electron chi connectivity index (χ2n) is 7.42. The van der Waals surface area contributed by atoms with Gasteiger partial charge in [0.05, 0.1) is 19.2 Å². The van der Waals surface area contributed by atoms with Gasteiger partial charge in [-0.25, -0.2) is 22.3 Å². The van der Waals surface area contributed by atoms with E-state index in [9.17, 15) is 22.4 Å². The maximum absolute atomic E-state index is 13.9. The largest absolute Gasteiger partial charge is 0.465 e. The maximum atomic E-state index is 13.9. The number of nitrogens with zero attached hydrogens (tertiary/aromatic N) is 1. The zero-order valence-corrected chi connectivity index (χ0v) is 19.3. The lowest BCUT2D eigenvalue weighted by atomic mass is 10.0. The SMILES string of the molecule is COC(=O)c1c(S(=O)(=O)NCc2ccccc2F)sc2c1CCN(C(=O)c1ccccc1)C2. The van der Waals surface area contributed by atoms with Crippen LogP contribution in [0.3, 0.4) is 0 Å². The number of nitrogens with one attached hydrogen (secondary N) is 1. The molecule has 10 heteroatoms. The highest BCUT2D eigenvalue weighted by Gasteiger charge is 2.35. The van der Waals surface area contributed by atoms with E-state index in [-0.39, 0.29) is 34.3 Å². The Labute approximate surface area is 194 Å².